The summed E-state index contributed by atoms with van der Waals surface area (Å²) in [5, 5.41) is 0. The van der Waals surface area contributed by atoms with Crippen LogP contribution in [0.2, 0.25) is 0 Å². The van der Waals surface area contributed by atoms with Crippen molar-refractivity contribution < 1.29 is 23.8 Å². The van der Waals surface area contributed by atoms with Crippen LogP contribution in [0.5, 0.6) is 11.5 Å². The number of esters is 2. The van der Waals surface area contributed by atoms with Crippen LogP contribution >= 0.6 is 22.6 Å². The van der Waals surface area contributed by atoms with Crippen molar-refractivity contribution in [2.75, 3.05) is 7.11 Å². The Labute approximate surface area is 170 Å². The molecule has 7 heteroatoms. The number of hydrogen-bond acceptors (Lipinski definition) is 6. The fourth-order valence-corrected chi connectivity index (χ4v) is 2.70. The second-order valence-electron chi connectivity index (χ2n) is 5.58. The summed E-state index contributed by atoms with van der Waals surface area (Å²) >= 11 is 2.20. The van der Waals surface area contributed by atoms with Gasteiger partial charge in [0.05, 0.1) is 7.11 Å². The molecule has 1 aliphatic heterocycles. The van der Waals surface area contributed by atoms with E-state index in [1.807, 2.05) is 24.3 Å². The second kappa shape index (κ2) is 8.34. The maximum absolute atomic E-state index is 12.1. The van der Waals surface area contributed by atoms with Crippen molar-refractivity contribution in [1.82, 2.24) is 0 Å². The minimum absolute atomic E-state index is 0.184. The second-order valence-corrected chi connectivity index (χ2v) is 6.83. The summed E-state index contributed by atoms with van der Waals surface area (Å²) in [6.07, 6.45) is 1.85. The van der Waals surface area contributed by atoms with Gasteiger partial charge in [0, 0.05) is 15.6 Å². The minimum Gasteiger partial charge on any atom is -0.493 e. The number of nitrogens with zero attached hydrogens (tertiary/aromatic N) is 1. The molecule has 0 N–H and O–H groups in total. The molecular formula is C20H16INO5. The van der Waals surface area contributed by atoms with Crippen LogP contribution in [0.3, 0.4) is 0 Å². The van der Waals surface area contributed by atoms with Gasteiger partial charge in [0.1, 0.15) is 0 Å². The highest BCUT2D eigenvalue weighted by molar-refractivity contribution is 14.1. The Hall–Kier alpha value is -2.68. The SMILES string of the molecule is CCC(=O)Oc1ccc(/C=C2\N=C(c3ccc(I)cc3)OC2=O)cc1OC. The van der Waals surface area contributed by atoms with E-state index in [2.05, 4.69) is 27.6 Å². The van der Waals surface area contributed by atoms with Crippen molar-refractivity contribution >= 4 is 46.5 Å². The van der Waals surface area contributed by atoms with Crippen molar-refractivity contribution in [2.24, 2.45) is 4.99 Å². The largest absolute Gasteiger partial charge is 0.493 e. The highest BCUT2D eigenvalue weighted by Crippen LogP contribution is 2.30. The quantitative estimate of drug-likeness (QED) is 0.282. The number of benzene rings is 2. The molecule has 0 saturated heterocycles. The van der Waals surface area contributed by atoms with Crippen LogP contribution in [0, 0.1) is 3.57 Å². The van der Waals surface area contributed by atoms with Gasteiger partial charge in [0.15, 0.2) is 17.2 Å². The molecule has 0 radical (unpaired) electrons. The summed E-state index contributed by atoms with van der Waals surface area (Å²) in [6, 6.07) is 12.5. The summed E-state index contributed by atoms with van der Waals surface area (Å²) in [5.74, 6) is 0.0978. The van der Waals surface area contributed by atoms with E-state index < -0.39 is 5.97 Å². The van der Waals surface area contributed by atoms with Crippen LogP contribution in [-0.4, -0.2) is 24.9 Å². The first-order chi connectivity index (χ1) is 13.0. The summed E-state index contributed by atoms with van der Waals surface area (Å²) in [7, 11) is 1.48. The standard InChI is InChI=1S/C20H16INO5/c1-3-18(23)26-16-9-4-12(11-17(16)25-2)10-15-20(24)27-19(22-15)13-5-7-14(21)8-6-13/h4-11H,3H2,1-2H3/b15-10-. The molecule has 3 rings (SSSR count). The average molecular weight is 477 g/mol. The third kappa shape index (κ3) is 4.54. The fraction of sp³-hybridized carbons (Fsp3) is 0.150. The van der Waals surface area contributed by atoms with Gasteiger partial charge >= 0.3 is 11.9 Å². The number of rotatable bonds is 5. The van der Waals surface area contributed by atoms with Gasteiger partial charge in [0.25, 0.3) is 0 Å². The number of methoxy groups -OCH3 is 1. The Morgan fingerprint density at radius 3 is 2.59 bits per heavy atom. The first-order valence-corrected chi connectivity index (χ1v) is 9.25. The monoisotopic (exact) mass is 477 g/mol. The molecule has 6 nitrogen and oxygen atoms in total. The molecule has 0 spiro atoms. The lowest BCUT2D eigenvalue weighted by Crippen LogP contribution is -2.06. The van der Waals surface area contributed by atoms with Crippen LogP contribution in [0.4, 0.5) is 0 Å². The molecule has 2 aromatic carbocycles. The van der Waals surface area contributed by atoms with Gasteiger partial charge in [-0.05, 0) is 70.6 Å². The number of aliphatic imine (C=N–C) groups is 1. The molecule has 27 heavy (non-hydrogen) atoms. The number of hydrogen-bond donors (Lipinski definition) is 0. The molecule has 0 unspecified atom stereocenters. The van der Waals surface area contributed by atoms with Crippen LogP contribution in [0.1, 0.15) is 24.5 Å². The number of cyclic esters (lactones) is 1. The van der Waals surface area contributed by atoms with Gasteiger partial charge in [-0.2, -0.15) is 0 Å². The van der Waals surface area contributed by atoms with Gasteiger partial charge in [-0.25, -0.2) is 9.79 Å². The van der Waals surface area contributed by atoms with E-state index in [0.29, 0.717) is 17.1 Å². The summed E-state index contributed by atoms with van der Waals surface area (Å²) in [5.41, 5.74) is 1.58. The fourth-order valence-electron chi connectivity index (χ4n) is 2.34. The Bertz CT molecular complexity index is 947. The van der Waals surface area contributed by atoms with E-state index >= 15 is 0 Å². The third-order valence-electron chi connectivity index (χ3n) is 3.72. The predicted octanol–water partition coefficient (Wildman–Crippen LogP) is 3.96. The maximum Gasteiger partial charge on any atom is 0.363 e. The van der Waals surface area contributed by atoms with E-state index in [4.69, 9.17) is 14.2 Å². The molecule has 0 amide bonds. The van der Waals surface area contributed by atoms with Crippen molar-refractivity contribution in [3.63, 3.8) is 0 Å². The number of carbonyl (C=O) groups excluding carboxylic acids is 2. The Morgan fingerprint density at radius 1 is 1.19 bits per heavy atom. The van der Waals surface area contributed by atoms with Crippen LogP contribution < -0.4 is 9.47 Å². The molecule has 0 fully saturated rings. The molecule has 2 aromatic rings. The van der Waals surface area contributed by atoms with Crippen molar-refractivity contribution in [3.05, 3.63) is 62.9 Å². The van der Waals surface area contributed by atoms with Gasteiger partial charge < -0.3 is 14.2 Å². The summed E-state index contributed by atoms with van der Waals surface area (Å²) < 4.78 is 16.8. The lowest BCUT2D eigenvalue weighted by Gasteiger charge is -2.09. The van der Waals surface area contributed by atoms with Gasteiger partial charge in [-0.15, -0.1) is 0 Å². The van der Waals surface area contributed by atoms with E-state index in [1.54, 1.807) is 31.2 Å². The van der Waals surface area contributed by atoms with E-state index in [1.165, 1.54) is 7.11 Å². The average Bonchev–Trinajstić information content (AvgIpc) is 3.03. The lowest BCUT2D eigenvalue weighted by atomic mass is 10.1. The van der Waals surface area contributed by atoms with Crippen molar-refractivity contribution in [2.45, 2.75) is 13.3 Å². The zero-order valence-electron chi connectivity index (χ0n) is 14.7. The third-order valence-corrected chi connectivity index (χ3v) is 4.43. The zero-order valence-corrected chi connectivity index (χ0v) is 16.8. The molecule has 0 aromatic heterocycles. The number of ether oxygens (including phenoxy) is 3. The molecule has 138 valence electrons. The zero-order chi connectivity index (χ0) is 19.4. The molecular weight excluding hydrogens is 461 g/mol. The number of carbonyl (C=O) groups is 2. The Morgan fingerprint density at radius 2 is 1.93 bits per heavy atom. The molecule has 0 aliphatic carbocycles. The van der Waals surface area contributed by atoms with Gasteiger partial charge in [-0.1, -0.05) is 13.0 Å². The minimum atomic E-state index is -0.524. The van der Waals surface area contributed by atoms with Crippen LogP contribution in [-0.2, 0) is 14.3 Å². The highest BCUT2D eigenvalue weighted by atomic mass is 127. The van der Waals surface area contributed by atoms with Crippen molar-refractivity contribution in [1.29, 1.82) is 0 Å². The van der Waals surface area contributed by atoms with E-state index in [0.717, 1.165) is 9.13 Å². The molecule has 0 saturated carbocycles. The predicted molar refractivity (Wildman–Crippen MR) is 109 cm³/mol. The van der Waals surface area contributed by atoms with Crippen LogP contribution in [0.25, 0.3) is 6.08 Å². The first kappa shape index (κ1) is 19.1. The Kier molecular flexibility index (Phi) is 5.90. The van der Waals surface area contributed by atoms with E-state index in [-0.39, 0.29) is 24.0 Å². The Balaban J connectivity index is 1.88. The molecule has 0 atom stereocenters. The van der Waals surface area contributed by atoms with Gasteiger partial charge in [0.2, 0.25) is 5.90 Å². The van der Waals surface area contributed by atoms with Crippen molar-refractivity contribution in [3.8, 4) is 11.5 Å². The first-order valence-electron chi connectivity index (χ1n) is 8.17. The molecule has 0 bridgehead atoms. The van der Waals surface area contributed by atoms with Crippen LogP contribution in [0.15, 0.2) is 53.2 Å². The summed E-state index contributed by atoms with van der Waals surface area (Å²) in [4.78, 5) is 27.9. The molecule has 1 aliphatic rings. The number of halogens is 1. The maximum atomic E-state index is 12.1. The topological polar surface area (TPSA) is 74.2 Å². The molecule has 1 heterocycles. The summed E-state index contributed by atoms with van der Waals surface area (Å²) in [6.45, 7) is 1.71. The highest BCUT2D eigenvalue weighted by Gasteiger charge is 2.24. The lowest BCUT2D eigenvalue weighted by molar-refractivity contribution is -0.134. The normalized spacial score (nSPS) is 14.7. The van der Waals surface area contributed by atoms with Gasteiger partial charge in [-0.3, -0.25) is 4.79 Å². The smallest absolute Gasteiger partial charge is 0.363 e. The van der Waals surface area contributed by atoms with E-state index in [9.17, 15) is 9.59 Å².